The molecular weight excluding hydrogens is 396 g/mol. The van der Waals surface area contributed by atoms with Gasteiger partial charge in [0.2, 0.25) is 16.6 Å². The van der Waals surface area contributed by atoms with E-state index in [1.165, 1.54) is 19.2 Å². The van der Waals surface area contributed by atoms with E-state index in [9.17, 15) is 23.6 Å². The second kappa shape index (κ2) is 8.48. The van der Waals surface area contributed by atoms with Crippen molar-refractivity contribution in [3.8, 4) is 5.75 Å². The number of nitro groups is 1. The fraction of sp³-hybridized carbons (Fsp3) is 0.400. The van der Waals surface area contributed by atoms with E-state index < -0.39 is 39.6 Å². The van der Waals surface area contributed by atoms with Crippen LogP contribution in [0.4, 0.5) is 0 Å². The molecule has 9 heteroatoms. The summed E-state index contributed by atoms with van der Waals surface area (Å²) in [4.78, 5) is 10.9. The lowest BCUT2D eigenvalue weighted by Gasteiger charge is -2.27. The summed E-state index contributed by atoms with van der Waals surface area (Å²) in [7, 11) is -2.40. The first-order chi connectivity index (χ1) is 13.7. The van der Waals surface area contributed by atoms with E-state index in [4.69, 9.17) is 4.74 Å². The lowest BCUT2D eigenvalue weighted by atomic mass is 9.84. The van der Waals surface area contributed by atoms with Crippen molar-refractivity contribution >= 4 is 10.0 Å². The monoisotopic (exact) mass is 420 g/mol. The van der Waals surface area contributed by atoms with E-state index in [-0.39, 0.29) is 11.4 Å². The Bertz CT molecular complexity index is 977. The molecule has 1 fully saturated rings. The number of aliphatic hydroxyl groups is 1. The third kappa shape index (κ3) is 4.42. The first kappa shape index (κ1) is 21.2. The molecule has 0 bridgehead atoms. The maximum absolute atomic E-state index is 13.0. The number of hydrogen-bond acceptors (Lipinski definition) is 6. The Labute approximate surface area is 169 Å². The smallest absolute Gasteiger partial charge is 0.245 e. The number of hydrogen-bond donors (Lipinski definition) is 1. The molecule has 0 aliphatic carbocycles. The number of rotatable bonds is 7. The van der Waals surface area contributed by atoms with E-state index >= 15 is 0 Å². The van der Waals surface area contributed by atoms with E-state index in [2.05, 4.69) is 0 Å². The Balaban J connectivity index is 1.91. The number of sulfonamides is 1. The van der Waals surface area contributed by atoms with Crippen LogP contribution in [0.5, 0.6) is 5.75 Å². The van der Waals surface area contributed by atoms with Gasteiger partial charge in [-0.15, -0.1) is 0 Å². The highest BCUT2D eigenvalue weighted by molar-refractivity contribution is 7.89. The van der Waals surface area contributed by atoms with Gasteiger partial charge in [0.1, 0.15) is 12.0 Å². The molecule has 0 spiro atoms. The Hall–Kier alpha value is -2.49. The van der Waals surface area contributed by atoms with Crippen molar-refractivity contribution in [2.75, 3.05) is 20.2 Å². The molecule has 1 aliphatic rings. The maximum atomic E-state index is 13.0. The molecular formula is C20H24N2O6S. The SMILES string of the molecule is COc1cccc([C@@H](C[N+](=O)[O-])[C@H]2CCN(S(=O)(=O)c3ccc(C)cc3)[C@@H]2O)c1. The molecule has 2 aromatic carbocycles. The van der Waals surface area contributed by atoms with Crippen LogP contribution < -0.4 is 4.74 Å². The molecule has 1 heterocycles. The molecule has 0 amide bonds. The van der Waals surface area contributed by atoms with Gasteiger partial charge in [0.15, 0.2) is 0 Å². The van der Waals surface area contributed by atoms with Crippen molar-refractivity contribution in [3.05, 3.63) is 69.8 Å². The predicted octanol–water partition coefficient (Wildman–Crippen LogP) is 2.39. The van der Waals surface area contributed by atoms with E-state index in [0.717, 1.165) is 9.87 Å². The van der Waals surface area contributed by atoms with Gasteiger partial charge in [-0.1, -0.05) is 29.8 Å². The summed E-state index contributed by atoms with van der Waals surface area (Å²) in [5.74, 6) is -0.700. The molecule has 1 N–H and O–H groups in total. The molecule has 29 heavy (non-hydrogen) atoms. The lowest BCUT2D eigenvalue weighted by Crippen LogP contribution is -2.40. The van der Waals surface area contributed by atoms with Gasteiger partial charge in [-0.2, -0.15) is 4.31 Å². The summed E-state index contributed by atoms with van der Waals surface area (Å²) in [5, 5.41) is 22.2. The average molecular weight is 420 g/mol. The van der Waals surface area contributed by atoms with Crippen LogP contribution in [-0.2, 0) is 10.0 Å². The number of benzene rings is 2. The second-order valence-corrected chi connectivity index (χ2v) is 9.08. The summed E-state index contributed by atoms with van der Waals surface area (Å²) in [6.07, 6.45) is -1.03. The van der Waals surface area contributed by atoms with Crippen LogP contribution >= 0.6 is 0 Å². The average Bonchev–Trinajstić information content (AvgIpc) is 3.08. The number of aryl methyl sites for hydroxylation is 1. The van der Waals surface area contributed by atoms with Crippen LogP contribution in [-0.4, -0.2) is 49.2 Å². The quantitative estimate of drug-likeness (QED) is 0.544. The van der Waals surface area contributed by atoms with Gasteiger partial charge in [-0.05, 0) is 43.2 Å². The normalized spacial score (nSPS) is 21.1. The van der Waals surface area contributed by atoms with E-state index in [1.54, 1.807) is 36.4 Å². The minimum atomic E-state index is -3.91. The van der Waals surface area contributed by atoms with Crippen LogP contribution in [0, 0.1) is 23.0 Å². The molecule has 0 radical (unpaired) electrons. The number of methoxy groups -OCH3 is 1. The third-order valence-electron chi connectivity index (χ3n) is 5.37. The number of ether oxygens (including phenoxy) is 1. The van der Waals surface area contributed by atoms with Gasteiger partial charge in [0.05, 0.1) is 17.9 Å². The summed E-state index contributed by atoms with van der Waals surface area (Å²) < 4.78 is 32.2. The molecule has 1 saturated heterocycles. The van der Waals surface area contributed by atoms with Crippen LogP contribution in [0.2, 0.25) is 0 Å². The van der Waals surface area contributed by atoms with Crippen LogP contribution in [0.1, 0.15) is 23.5 Å². The summed E-state index contributed by atoms with van der Waals surface area (Å²) >= 11 is 0. The number of aliphatic hydroxyl groups excluding tert-OH is 1. The highest BCUT2D eigenvalue weighted by atomic mass is 32.2. The number of nitrogens with zero attached hydrogens (tertiary/aromatic N) is 2. The minimum Gasteiger partial charge on any atom is -0.497 e. The highest BCUT2D eigenvalue weighted by Gasteiger charge is 2.45. The van der Waals surface area contributed by atoms with Gasteiger partial charge in [0.25, 0.3) is 0 Å². The van der Waals surface area contributed by atoms with Gasteiger partial charge in [-0.25, -0.2) is 8.42 Å². The molecule has 0 saturated carbocycles. The van der Waals surface area contributed by atoms with Crippen molar-refractivity contribution < 1.29 is 23.2 Å². The standard InChI is InChI=1S/C20H24N2O6S/c1-14-6-8-17(9-7-14)29(26,27)21-11-10-18(20(21)23)19(13-22(24)25)15-4-3-5-16(12-15)28-2/h3-9,12,18-20,23H,10-11,13H2,1-2H3/t18-,19-,20-/m1/s1. The zero-order valence-corrected chi connectivity index (χ0v) is 17.1. The summed E-state index contributed by atoms with van der Waals surface area (Å²) in [6, 6.07) is 13.3. The van der Waals surface area contributed by atoms with E-state index in [0.29, 0.717) is 17.7 Å². The Morgan fingerprint density at radius 1 is 1.28 bits per heavy atom. The van der Waals surface area contributed by atoms with Crippen molar-refractivity contribution in [2.45, 2.75) is 30.4 Å². The van der Waals surface area contributed by atoms with Gasteiger partial charge < -0.3 is 9.84 Å². The van der Waals surface area contributed by atoms with Gasteiger partial charge >= 0.3 is 0 Å². The Kier molecular flexibility index (Phi) is 6.21. The zero-order valence-electron chi connectivity index (χ0n) is 16.3. The topological polar surface area (TPSA) is 110 Å². The van der Waals surface area contributed by atoms with Crippen molar-refractivity contribution in [3.63, 3.8) is 0 Å². The largest absolute Gasteiger partial charge is 0.497 e. The van der Waals surface area contributed by atoms with Gasteiger partial charge in [0, 0.05) is 17.4 Å². The van der Waals surface area contributed by atoms with Crippen molar-refractivity contribution in [2.24, 2.45) is 5.92 Å². The predicted molar refractivity (Wildman–Crippen MR) is 107 cm³/mol. The first-order valence-electron chi connectivity index (χ1n) is 9.26. The lowest BCUT2D eigenvalue weighted by molar-refractivity contribution is -0.485. The minimum absolute atomic E-state index is 0.0926. The molecule has 3 rings (SSSR count). The Morgan fingerprint density at radius 2 is 1.97 bits per heavy atom. The van der Waals surface area contributed by atoms with Crippen LogP contribution in [0.25, 0.3) is 0 Å². The maximum Gasteiger partial charge on any atom is 0.245 e. The zero-order chi connectivity index (χ0) is 21.2. The van der Waals surface area contributed by atoms with Crippen LogP contribution in [0.15, 0.2) is 53.4 Å². The van der Waals surface area contributed by atoms with Gasteiger partial charge in [-0.3, -0.25) is 10.1 Å². The molecule has 0 unspecified atom stereocenters. The molecule has 1 aliphatic heterocycles. The third-order valence-corrected chi connectivity index (χ3v) is 7.26. The van der Waals surface area contributed by atoms with Crippen molar-refractivity contribution in [1.29, 1.82) is 0 Å². The highest BCUT2D eigenvalue weighted by Crippen LogP contribution is 2.39. The fourth-order valence-corrected chi connectivity index (χ4v) is 5.35. The van der Waals surface area contributed by atoms with Crippen LogP contribution in [0.3, 0.4) is 0 Å². The molecule has 2 aromatic rings. The molecule has 8 nitrogen and oxygen atoms in total. The fourth-order valence-electron chi connectivity index (χ4n) is 3.81. The molecule has 3 atom stereocenters. The van der Waals surface area contributed by atoms with E-state index in [1.807, 2.05) is 6.92 Å². The summed E-state index contributed by atoms with van der Waals surface area (Å²) in [6.45, 7) is 1.54. The van der Waals surface area contributed by atoms with Crippen molar-refractivity contribution in [1.82, 2.24) is 4.31 Å². The summed E-state index contributed by atoms with van der Waals surface area (Å²) in [5.41, 5.74) is 1.56. The molecule has 156 valence electrons. The Morgan fingerprint density at radius 3 is 2.59 bits per heavy atom. The molecule has 0 aromatic heterocycles. The second-order valence-electron chi connectivity index (χ2n) is 7.19. The first-order valence-corrected chi connectivity index (χ1v) is 10.7.